The topological polar surface area (TPSA) is 79.2 Å². The van der Waals surface area contributed by atoms with Crippen molar-refractivity contribution in [2.24, 2.45) is 0 Å². The van der Waals surface area contributed by atoms with Crippen LogP contribution in [-0.2, 0) is 0 Å². The van der Waals surface area contributed by atoms with Crippen LogP contribution in [0, 0.1) is 0 Å². The van der Waals surface area contributed by atoms with Gasteiger partial charge in [0.05, 0.1) is 17.2 Å². The second-order valence-electron chi connectivity index (χ2n) is 6.68. The smallest absolute Gasteiger partial charge is 0.259 e. The van der Waals surface area contributed by atoms with Crippen LogP contribution >= 0.6 is 0 Å². The maximum atomic E-state index is 13.0. The number of amides is 1. The molecule has 0 aliphatic carbocycles. The number of para-hydroxylation sites is 2. The summed E-state index contributed by atoms with van der Waals surface area (Å²) < 4.78 is 1.63. The first kappa shape index (κ1) is 15.1. The summed E-state index contributed by atoms with van der Waals surface area (Å²) >= 11 is 0. The number of hydrogen-bond acceptors (Lipinski definition) is 4. The van der Waals surface area contributed by atoms with E-state index in [0.717, 1.165) is 36.2 Å². The number of likely N-dealkylation sites (tertiary alicyclic amines) is 1. The lowest BCUT2D eigenvalue weighted by Gasteiger charge is -2.31. The molecule has 4 aromatic rings. The molecule has 0 spiro atoms. The molecular weight excluding hydrogens is 328 g/mol. The molecule has 130 valence electrons. The van der Waals surface area contributed by atoms with Crippen LogP contribution in [0.2, 0.25) is 0 Å². The van der Waals surface area contributed by atoms with Gasteiger partial charge in [-0.3, -0.25) is 4.79 Å². The van der Waals surface area contributed by atoms with Crippen LogP contribution in [0.25, 0.3) is 16.7 Å². The number of H-pyrrole nitrogens is 1. The van der Waals surface area contributed by atoms with Crippen LogP contribution < -0.4 is 0 Å². The molecule has 1 atom stereocenters. The zero-order chi connectivity index (χ0) is 17.5. The minimum atomic E-state index is -0.0143. The summed E-state index contributed by atoms with van der Waals surface area (Å²) in [6, 6.07) is 9.82. The fraction of sp³-hybridized carbons (Fsp3) is 0.263. The Hall–Kier alpha value is -3.22. The maximum Gasteiger partial charge on any atom is 0.259 e. The highest BCUT2D eigenvalue weighted by Gasteiger charge is 2.29. The first-order valence-corrected chi connectivity index (χ1v) is 8.82. The molecule has 1 unspecified atom stereocenters. The van der Waals surface area contributed by atoms with Crippen LogP contribution in [0.5, 0.6) is 0 Å². The van der Waals surface area contributed by atoms with Crippen molar-refractivity contribution in [1.82, 2.24) is 29.5 Å². The molecule has 3 aromatic heterocycles. The van der Waals surface area contributed by atoms with E-state index in [1.807, 2.05) is 29.2 Å². The van der Waals surface area contributed by atoms with Gasteiger partial charge in [0.25, 0.3) is 5.91 Å². The number of rotatable bonds is 2. The van der Waals surface area contributed by atoms with E-state index in [2.05, 4.69) is 15.1 Å². The van der Waals surface area contributed by atoms with Crippen molar-refractivity contribution >= 4 is 22.6 Å². The Morgan fingerprint density at radius 3 is 3.08 bits per heavy atom. The monoisotopic (exact) mass is 346 g/mol. The Balaban J connectivity index is 1.42. The minimum Gasteiger partial charge on any atom is -0.342 e. The van der Waals surface area contributed by atoms with Crippen molar-refractivity contribution in [2.45, 2.75) is 18.8 Å². The summed E-state index contributed by atoms with van der Waals surface area (Å²) in [6.45, 7) is 1.41. The van der Waals surface area contributed by atoms with Gasteiger partial charge in [0.1, 0.15) is 11.4 Å². The predicted octanol–water partition coefficient (Wildman–Crippen LogP) is 2.63. The minimum absolute atomic E-state index is 0.0143. The summed E-state index contributed by atoms with van der Waals surface area (Å²) in [5.74, 6) is 1.16. The van der Waals surface area contributed by atoms with Crippen LogP contribution in [0.1, 0.15) is 34.9 Å². The van der Waals surface area contributed by atoms with Gasteiger partial charge in [0.2, 0.25) is 0 Å². The number of fused-ring (bicyclic) bond motifs is 2. The summed E-state index contributed by atoms with van der Waals surface area (Å²) in [6.07, 6.45) is 7.07. The summed E-state index contributed by atoms with van der Waals surface area (Å²) in [4.78, 5) is 27.4. The second kappa shape index (κ2) is 5.94. The Morgan fingerprint density at radius 1 is 1.23 bits per heavy atom. The SMILES string of the molecule is O=C(c1cnn2cccnc12)N1CCCC(c2nc3ccccc3[nH]2)C1. The molecule has 0 saturated carbocycles. The molecule has 1 amide bonds. The van der Waals surface area contributed by atoms with Crippen molar-refractivity contribution in [3.8, 4) is 0 Å². The second-order valence-corrected chi connectivity index (χ2v) is 6.68. The molecule has 0 radical (unpaired) electrons. The van der Waals surface area contributed by atoms with Gasteiger partial charge in [-0.25, -0.2) is 14.5 Å². The standard InChI is InChI=1S/C19H18N6O/c26-19(14-11-21-25-10-4-8-20-18(14)25)24-9-3-5-13(12-24)17-22-15-6-1-2-7-16(15)23-17/h1-2,4,6-8,10-11,13H,3,5,9,12H2,(H,22,23). The molecule has 5 rings (SSSR count). The van der Waals surface area contributed by atoms with Crippen LogP contribution in [-0.4, -0.2) is 48.5 Å². The first-order valence-electron chi connectivity index (χ1n) is 8.82. The van der Waals surface area contributed by atoms with Gasteiger partial charge in [-0.15, -0.1) is 0 Å². The van der Waals surface area contributed by atoms with E-state index in [9.17, 15) is 4.79 Å². The predicted molar refractivity (Wildman–Crippen MR) is 97.0 cm³/mol. The van der Waals surface area contributed by atoms with Crippen LogP contribution in [0.15, 0.2) is 48.9 Å². The lowest BCUT2D eigenvalue weighted by atomic mass is 9.97. The van der Waals surface area contributed by atoms with E-state index in [4.69, 9.17) is 4.98 Å². The van der Waals surface area contributed by atoms with Crippen molar-refractivity contribution in [3.63, 3.8) is 0 Å². The van der Waals surface area contributed by atoms with E-state index >= 15 is 0 Å². The number of nitrogens with one attached hydrogen (secondary N) is 1. The average molecular weight is 346 g/mol. The van der Waals surface area contributed by atoms with Crippen molar-refractivity contribution in [3.05, 3.63) is 60.3 Å². The average Bonchev–Trinajstić information content (AvgIpc) is 3.32. The van der Waals surface area contributed by atoms with Gasteiger partial charge in [-0.2, -0.15) is 5.10 Å². The Kier molecular flexibility index (Phi) is 3.44. The number of imidazole rings is 1. The summed E-state index contributed by atoms with van der Waals surface area (Å²) in [5.41, 5.74) is 3.16. The van der Waals surface area contributed by atoms with Crippen LogP contribution in [0.4, 0.5) is 0 Å². The summed E-state index contributed by atoms with van der Waals surface area (Å²) in [5, 5.41) is 4.23. The third-order valence-electron chi connectivity index (χ3n) is 5.01. The van der Waals surface area contributed by atoms with E-state index < -0.39 is 0 Å². The fourth-order valence-corrected chi connectivity index (χ4v) is 3.70. The molecule has 1 saturated heterocycles. The zero-order valence-electron chi connectivity index (χ0n) is 14.2. The molecule has 0 bridgehead atoms. The number of carbonyl (C=O) groups excluding carboxylic acids is 1. The molecule has 1 N–H and O–H groups in total. The highest BCUT2D eigenvalue weighted by atomic mass is 16.2. The molecular formula is C19H18N6O. The van der Waals surface area contributed by atoms with E-state index in [-0.39, 0.29) is 11.8 Å². The van der Waals surface area contributed by atoms with Gasteiger partial charge in [0.15, 0.2) is 5.65 Å². The van der Waals surface area contributed by atoms with E-state index in [1.165, 1.54) is 0 Å². The number of aromatic amines is 1. The molecule has 1 aromatic carbocycles. The third kappa shape index (κ3) is 2.44. The van der Waals surface area contributed by atoms with Gasteiger partial charge < -0.3 is 9.88 Å². The quantitative estimate of drug-likeness (QED) is 0.605. The molecule has 1 aliphatic rings. The maximum absolute atomic E-state index is 13.0. The molecule has 7 nitrogen and oxygen atoms in total. The van der Waals surface area contributed by atoms with Crippen molar-refractivity contribution in [2.75, 3.05) is 13.1 Å². The fourth-order valence-electron chi connectivity index (χ4n) is 3.70. The van der Waals surface area contributed by atoms with Gasteiger partial charge in [0, 0.05) is 31.4 Å². The lowest BCUT2D eigenvalue weighted by molar-refractivity contribution is 0.0706. The highest BCUT2D eigenvalue weighted by Crippen LogP contribution is 2.28. The molecule has 7 heteroatoms. The van der Waals surface area contributed by atoms with Crippen LogP contribution in [0.3, 0.4) is 0 Å². The van der Waals surface area contributed by atoms with Gasteiger partial charge in [-0.1, -0.05) is 12.1 Å². The summed E-state index contributed by atoms with van der Waals surface area (Å²) in [7, 11) is 0. The normalized spacial score (nSPS) is 17.8. The van der Waals surface area contributed by atoms with Gasteiger partial charge >= 0.3 is 0 Å². The Bertz CT molecular complexity index is 1060. The van der Waals surface area contributed by atoms with Crippen molar-refractivity contribution < 1.29 is 4.79 Å². The largest absolute Gasteiger partial charge is 0.342 e. The van der Waals surface area contributed by atoms with Gasteiger partial charge in [-0.05, 0) is 31.0 Å². The molecule has 26 heavy (non-hydrogen) atoms. The number of hydrogen-bond donors (Lipinski definition) is 1. The molecule has 4 heterocycles. The third-order valence-corrected chi connectivity index (χ3v) is 5.01. The highest BCUT2D eigenvalue weighted by molar-refractivity contribution is 5.99. The molecule has 1 fully saturated rings. The number of nitrogens with zero attached hydrogens (tertiary/aromatic N) is 5. The number of aromatic nitrogens is 5. The van der Waals surface area contributed by atoms with Crippen molar-refractivity contribution in [1.29, 1.82) is 0 Å². The Labute approximate surface area is 149 Å². The number of benzene rings is 1. The zero-order valence-corrected chi connectivity index (χ0v) is 14.2. The number of carbonyl (C=O) groups is 1. The van der Waals surface area contributed by atoms with E-state index in [1.54, 1.807) is 29.2 Å². The Morgan fingerprint density at radius 2 is 2.15 bits per heavy atom. The lowest BCUT2D eigenvalue weighted by Crippen LogP contribution is -2.39. The number of piperidine rings is 1. The van der Waals surface area contributed by atoms with E-state index in [0.29, 0.717) is 17.8 Å². The molecule has 1 aliphatic heterocycles. The first-order chi connectivity index (χ1) is 12.8.